The second kappa shape index (κ2) is 16.5. The Kier molecular flexibility index (Phi) is 12.8. The van der Waals surface area contributed by atoms with E-state index in [2.05, 4.69) is 64.3 Å². The third-order valence-electron chi connectivity index (χ3n) is 8.77. The Labute approximate surface area is 285 Å². The number of ether oxygens (including phenoxy) is 2. The highest BCUT2D eigenvalue weighted by molar-refractivity contribution is 6.98. The summed E-state index contributed by atoms with van der Waals surface area (Å²) < 4.78 is 13.3. The Hall–Kier alpha value is -3.50. The van der Waals surface area contributed by atoms with Crippen molar-refractivity contribution in [1.29, 1.82) is 0 Å². The van der Waals surface area contributed by atoms with Gasteiger partial charge in [-0.1, -0.05) is 38.1 Å². The van der Waals surface area contributed by atoms with Gasteiger partial charge in [0.15, 0.2) is 5.71 Å². The number of alkyl halides is 1. The number of carbonyl (C=O) groups is 2. The number of benzene rings is 2. The molecule has 1 aliphatic heterocycles. The molecule has 0 spiro atoms. The minimum absolute atomic E-state index is 0.0468. The first-order valence-corrected chi connectivity index (χ1v) is 19.9. The summed E-state index contributed by atoms with van der Waals surface area (Å²) >= 11 is 5.70. The SMILES string of the molecule is CN(C)c1ccc2c(c1)[Si](C)(C)C1=CC(=[N+](C)C)C=CC1=C2c1cc(C(=O)NCCOCCOCCCCCCCl)ccc1C(=O)[O-]. The monoisotopic (exact) mass is 677 g/mol. The minimum atomic E-state index is -2.23. The van der Waals surface area contributed by atoms with E-state index in [0.29, 0.717) is 50.0 Å². The largest absolute Gasteiger partial charge is 0.545 e. The first-order valence-electron chi connectivity index (χ1n) is 16.3. The van der Waals surface area contributed by atoms with Crippen molar-refractivity contribution in [2.45, 2.75) is 38.8 Å². The van der Waals surface area contributed by atoms with Gasteiger partial charge in [0.1, 0.15) is 22.2 Å². The molecule has 0 bridgehead atoms. The normalized spacial score (nSPS) is 14.8. The first-order chi connectivity index (χ1) is 22.5. The number of nitrogens with one attached hydrogen (secondary N) is 1. The van der Waals surface area contributed by atoms with Crippen molar-refractivity contribution in [3.63, 3.8) is 0 Å². The Balaban J connectivity index is 1.59. The van der Waals surface area contributed by atoms with Crippen molar-refractivity contribution in [3.05, 3.63) is 87.6 Å². The van der Waals surface area contributed by atoms with Crippen LogP contribution in [0.25, 0.3) is 5.57 Å². The van der Waals surface area contributed by atoms with E-state index in [9.17, 15) is 14.7 Å². The van der Waals surface area contributed by atoms with Gasteiger partial charge < -0.3 is 29.6 Å². The fourth-order valence-corrected chi connectivity index (χ4v) is 9.31. The van der Waals surface area contributed by atoms with Crippen LogP contribution in [0, 0.1) is 0 Å². The summed E-state index contributed by atoms with van der Waals surface area (Å²) in [6, 6.07) is 11.1. The number of allylic oxidation sites excluding steroid dienone is 5. The van der Waals surface area contributed by atoms with Crippen LogP contribution >= 0.6 is 11.6 Å². The lowest BCUT2D eigenvalue weighted by atomic mass is 9.86. The molecule has 252 valence electrons. The maximum absolute atomic E-state index is 13.3. The molecule has 2 aromatic carbocycles. The average molecular weight is 678 g/mol. The number of carboxylic acids is 1. The molecule has 0 radical (unpaired) electrons. The van der Waals surface area contributed by atoms with Crippen molar-refractivity contribution in [1.82, 2.24) is 5.32 Å². The van der Waals surface area contributed by atoms with Crippen LogP contribution in [0.2, 0.25) is 13.1 Å². The molecule has 0 unspecified atom stereocenters. The maximum Gasteiger partial charge on any atom is 0.251 e. The average Bonchev–Trinajstić information content (AvgIpc) is 3.04. The molecule has 1 aliphatic carbocycles. The zero-order valence-corrected chi connectivity index (χ0v) is 30.3. The van der Waals surface area contributed by atoms with Gasteiger partial charge in [0, 0.05) is 62.1 Å². The van der Waals surface area contributed by atoms with E-state index in [1.54, 1.807) is 12.1 Å². The quantitative estimate of drug-likeness (QED) is 0.124. The molecular weight excluding hydrogens is 630 g/mol. The summed E-state index contributed by atoms with van der Waals surface area (Å²) in [5.74, 6) is -0.883. The number of hydrogen-bond acceptors (Lipinski definition) is 6. The number of anilines is 1. The molecule has 8 nitrogen and oxygen atoms in total. The fourth-order valence-electron chi connectivity index (χ4n) is 6.05. The minimum Gasteiger partial charge on any atom is -0.545 e. The van der Waals surface area contributed by atoms with Crippen LogP contribution in [0.15, 0.2) is 65.4 Å². The van der Waals surface area contributed by atoms with Crippen LogP contribution in [-0.4, -0.2) is 97.3 Å². The lowest BCUT2D eigenvalue weighted by molar-refractivity contribution is -0.462. The molecule has 2 aromatic rings. The number of nitrogens with zero attached hydrogens (tertiary/aromatic N) is 2. The Morgan fingerprint density at radius 3 is 2.32 bits per heavy atom. The zero-order chi connectivity index (χ0) is 34.1. The van der Waals surface area contributed by atoms with Gasteiger partial charge in [-0.05, 0) is 75.8 Å². The van der Waals surface area contributed by atoms with E-state index in [-0.39, 0.29) is 11.5 Å². The first kappa shape index (κ1) is 36.3. The van der Waals surface area contributed by atoms with Gasteiger partial charge in [-0.15, -0.1) is 11.6 Å². The topological polar surface area (TPSA) is 93.9 Å². The molecule has 0 aromatic heterocycles. The van der Waals surface area contributed by atoms with Gasteiger partial charge in [0.25, 0.3) is 5.91 Å². The van der Waals surface area contributed by atoms with Crippen LogP contribution in [0.1, 0.15) is 57.5 Å². The maximum atomic E-state index is 13.3. The molecule has 10 heteroatoms. The predicted molar refractivity (Wildman–Crippen MR) is 192 cm³/mol. The van der Waals surface area contributed by atoms with E-state index >= 15 is 0 Å². The second-order valence-corrected chi connectivity index (χ2v) is 17.6. The molecule has 2 aliphatic rings. The van der Waals surface area contributed by atoms with E-state index in [0.717, 1.165) is 53.8 Å². The Bertz CT molecular complexity index is 1600. The number of rotatable bonds is 16. The molecule has 0 atom stereocenters. The number of fused-ring (bicyclic) bond motifs is 2. The number of aromatic carboxylic acids is 1. The summed E-state index contributed by atoms with van der Waals surface area (Å²) in [7, 11) is 5.84. The predicted octanol–water partition coefficient (Wildman–Crippen LogP) is 4.16. The highest BCUT2D eigenvalue weighted by atomic mass is 35.5. The van der Waals surface area contributed by atoms with Crippen molar-refractivity contribution in [2.75, 3.05) is 71.9 Å². The van der Waals surface area contributed by atoms with Crippen LogP contribution in [0.4, 0.5) is 5.69 Å². The van der Waals surface area contributed by atoms with E-state index in [1.165, 1.54) is 16.4 Å². The van der Waals surface area contributed by atoms with E-state index in [1.807, 2.05) is 28.2 Å². The highest BCUT2D eigenvalue weighted by Crippen LogP contribution is 2.42. The molecule has 1 N–H and O–H groups in total. The van der Waals surface area contributed by atoms with E-state index < -0.39 is 14.0 Å². The number of hydrogen-bond donors (Lipinski definition) is 1. The van der Waals surface area contributed by atoms with Gasteiger partial charge in [-0.3, -0.25) is 4.79 Å². The number of carbonyl (C=O) groups excluding carboxylic acids is 2. The Morgan fingerprint density at radius 2 is 1.64 bits per heavy atom. The molecule has 47 heavy (non-hydrogen) atoms. The van der Waals surface area contributed by atoms with Crippen LogP contribution in [-0.2, 0) is 9.47 Å². The summed E-state index contributed by atoms with van der Waals surface area (Å²) in [6.07, 6.45) is 10.7. The van der Waals surface area contributed by atoms with Crippen LogP contribution < -0.4 is 20.5 Å². The van der Waals surface area contributed by atoms with Crippen molar-refractivity contribution in [3.8, 4) is 0 Å². The van der Waals surface area contributed by atoms with Gasteiger partial charge in [0.05, 0.1) is 25.8 Å². The molecule has 0 saturated carbocycles. The summed E-state index contributed by atoms with van der Waals surface area (Å²) in [6.45, 7) is 6.99. The number of amides is 1. The molecular formula is C37H48ClN3O5Si. The van der Waals surface area contributed by atoms with Crippen molar-refractivity contribution < 1.29 is 28.7 Å². The van der Waals surface area contributed by atoms with Gasteiger partial charge in [-0.2, -0.15) is 0 Å². The third kappa shape index (κ3) is 8.70. The number of unbranched alkanes of at least 4 members (excludes halogenated alkanes) is 3. The number of carboxylic acid groups (broad SMARTS) is 1. The number of halogens is 1. The molecule has 1 heterocycles. The standard InChI is InChI=1S/C37H48ClN3O5Si/c1-40(2)27-12-15-30-33(24-27)47(5,6)34-25-28(41(3)4)13-16-31(34)35(30)32-23-26(11-14-29(32)37(43)44)36(42)39-18-20-46-22-21-45-19-10-8-7-9-17-38/h11-16,23-25H,7-10,17-22H2,1-6H3,(H-,39,42,43,44). The Morgan fingerprint density at radius 1 is 0.915 bits per heavy atom. The zero-order valence-electron chi connectivity index (χ0n) is 28.6. The lowest BCUT2D eigenvalue weighted by Crippen LogP contribution is -2.50. The molecule has 0 saturated heterocycles. The van der Waals surface area contributed by atoms with Gasteiger partial charge >= 0.3 is 0 Å². The van der Waals surface area contributed by atoms with Crippen molar-refractivity contribution >= 4 is 53.7 Å². The van der Waals surface area contributed by atoms with Crippen molar-refractivity contribution in [2.24, 2.45) is 0 Å². The molecule has 1 amide bonds. The lowest BCUT2D eigenvalue weighted by Gasteiger charge is -2.38. The van der Waals surface area contributed by atoms with E-state index in [4.69, 9.17) is 21.1 Å². The molecule has 0 fully saturated rings. The van der Waals surface area contributed by atoms with Crippen LogP contribution in [0.5, 0.6) is 0 Å². The van der Waals surface area contributed by atoms with Gasteiger partial charge in [-0.25, -0.2) is 4.58 Å². The summed E-state index contributed by atoms with van der Waals surface area (Å²) in [5, 5.41) is 17.9. The van der Waals surface area contributed by atoms with Gasteiger partial charge in [0.2, 0.25) is 0 Å². The summed E-state index contributed by atoms with van der Waals surface area (Å²) in [4.78, 5) is 27.9. The second-order valence-electron chi connectivity index (χ2n) is 12.9. The third-order valence-corrected chi connectivity index (χ3v) is 12.6. The highest BCUT2D eigenvalue weighted by Gasteiger charge is 2.41. The molecule has 4 rings (SSSR count). The summed E-state index contributed by atoms with van der Waals surface area (Å²) in [5.41, 5.74) is 5.82. The fraction of sp³-hybridized carbons (Fsp3) is 0.432. The van der Waals surface area contributed by atoms with Crippen LogP contribution in [0.3, 0.4) is 0 Å². The smallest absolute Gasteiger partial charge is 0.251 e.